The van der Waals surface area contributed by atoms with Crippen LogP contribution in [0.4, 0.5) is 5.69 Å². The van der Waals surface area contributed by atoms with Crippen molar-refractivity contribution in [2.24, 2.45) is 0 Å². The van der Waals surface area contributed by atoms with Crippen LogP contribution < -0.4 is 4.90 Å². The average Bonchev–Trinajstić information content (AvgIpc) is 2.65. The van der Waals surface area contributed by atoms with Crippen LogP contribution in [0.1, 0.15) is 33.1 Å². The second-order valence-electron chi connectivity index (χ2n) is 3.32. The number of rotatable bonds is 6. The second-order valence-corrected chi connectivity index (χ2v) is 3.32. The minimum atomic E-state index is 1.12. The summed E-state index contributed by atoms with van der Waals surface area (Å²) < 4.78 is 5.08. The molecule has 0 aliphatic rings. The van der Waals surface area contributed by atoms with Crippen LogP contribution >= 0.6 is 0 Å². The highest BCUT2D eigenvalue weighted by Gasteiger charge is 2.04. The third kappa shape index (κ3) is 3.13. The Morgan fingerprint density at radius 1 is 1.23 bits per heavy atom. The summed E-state index contributed by atoms with van der Waals surface area (Å²) in [5, 5.41) is 0. The highest BCUT2D eigenvalue weighted by atomic mass is 16.3. The Hall–Kier alpha value is -0.920. The Balaban J connectivity index is 2.47. The lowest BCUT2D eigenvalue weighted by Crippen LogP contribution is -2.24. The molecule has 0 saturated heterocycles. The molecule has 0 radical (unpaired) electrons. The first kappa shape index (κ1) is 10.2. The summed E-state index contributed by atoms with van der Waals surface area (Å²) in [6, 6.07) is 2.03. The van der Waals surface area contributed by atoms with Gasteiger partial charge in [-0.05, 0) is 18.9 Å². The van der Waals surface area contributed by atoms with Crippen molar-refractivity contribution in [1.29, 1.82) is 0 Å². The summed E-state index contributed by atoms with van der Waals surface area (Å²) in [7, 11) is 0. The average molecular weight is 181 g/mol. The molecule has 0 amide bonds. The smallest absolute Gasteiger partial charge is 0.114 e. The molecule has 0 aliphatic carbocycles. The number of unbranched alkanes of at least 4 members (excludes halogenated alkanes) is 1. The van der Waals surface area contributed by atoms with Gasteiger partial charge in [0.05, 0.1) is 12.0 Å². The molecule has 1 heterocycles. The fourth-order valence-corrected chi connectivity index (χ4v) is 1.43. The molecule has 74 valence electrons. The van der Waals surface area contributed by atoms with Gasteiger partial charge in [-0.2, -0.15) is 0 Å². The van der Waals surface area contributed by atoms with Crippen LogP contribution in [0.25, 0.3) is 0 Å². The van der Waals surface area contributed by atoms with Crippen LogP contribution in [0.15, 0.2) is 23.0 Å². The van der Waals surface area contributed by atoms with Gasteiger partial charge in [0.25, 0.3) is 0 Å². The van der Waals surface area contributed by atoms with Gasteiger partial charge in [0.2, 0.25) is 0 Å². The zero-order valence-corrected chi connectivity index (χ0v) is 8.62. The zero-order chi connectivity index (χ0) is 9.52. The summed E-state index contributed by atoms with van der Waals surface area (Å²) in [6.07, 6.45) is 7.26. The van der Waals surface area contributed by atoms with Gasteiger partial charge in [-0.3, -0.25) is 0 Å². The van der Waals surface area contributed by atoms with Gasteiger partial charge in [0.1, 0.15) is 6.26 Å². The maximum atomic E-state index is 5.08. The largest absolute Gasteiger partial charge is 0.470 e. The molecule has 2 nitrogen and oxygen atoms in total. The lowest BCUT2D eigenvalue weighted by atomic mass is 10.3. The van der Waals surface area contributed by atoms with Gasteiger partial charge in [-0.1, -0.05) is 20.3 Å². The Kier molecular flexibility index (Phi) is 4.44. The van der Waals surface area contributed by atoms with E-state index in [9.17, 15) is 0 Å². The van der Waals surface area contributed by atoms with E-state index >= 15 is 0 Å². The van der Waals surface area contributed by atoms with E-state index in [1.54, 1.807) is 6.26 Å². The van der Waals surface area contributed by atoms with Gasteiger partial charge >= 0.3 is 0 Å². The molecule has 0 spiro atoms. The van der Waals surface area contributed by atoms with Crippen LogP contribution in [-0.2, 0) is 0 Å². The molecule has 0 atom stereocenters. The molecule has 0 unspecified atom stereocenters. The number of anilines is 1. The van der Waals surface area contributed by atoms with E-state index in [-0.39, 0.29) is 0 Å². The lowest BCUT2D eigenvalue weighted by Gasteiger charge is -2.21. The lowest BCUT2D eigenvalue weighted by molar-refractivity contribution is 0.565. The number of hydrogen-bond donors (Lipinski definition) is 0. The quantitative estimate of drug-likeness (QED) is 0.669. The van der Waals surface area contributed by atoms with E-state index in [1.165, 1.54) is 24.9 Å². The molecule has 0 N–H and O–H groups in total. The van der Waals surface area contributed by atoms with Gasteiger partial charge in [-0.25, -0.2) is 0 Å². The predicted molar refractivity (Wildman–Crippen MR) is 56.1 cm³/mol. The summed E-state index contributed by atoms with van der Waals surface area (Å²) in [5.41, 5.74) is 1.22. The Labute approximate surface area is 80.5 Å². The summed E-state index contributed by atoms with van der Waals surface area (Å²) in [6.45, 7) is 6.70. The molecule has 1 rings (SSSR count). The molecule has 13 heavy (non-hydrogen) atoms. The van der Waals surface area contributed by atoms with Crippen molar-refractivity contribution < 1.29 is 4.42 Å². The van der Waals surface area contributed by atoms with E-state index in [0.29, 0.717) is 0 Å². The molecule has 0 aliphatic heterocycles. The monoisotopic (exact) mass is 181 g/mol. The number of nitrogens with zero attached hydrogens (tertiary/aromatic N) is 1. The Morgan fingerprint density at radius 3 is 2.62 bits per heavy atom. The van der Waals surface area contributed by atoms with E-state index in [2.05, 4.69) is 18.7 Å². The Morgan fingerprint density at radius 2 is 2.08 bits per heavy atom. The van der Waals surface area contributed by atoms with Crippen molar-refractivity contribution in [3.8, 4) is 0 Å². The molecular weight excluding hydrogens is 162 g/mol. The summed E-state index contributed by atoms with van der Waals surface area (Å²) >= 11 is 0. The topological polar surface area (TPSA) is 16.4 Å². The van der Waals surface area contributed by atoms with Gasteiger partial charge < -0.3 is 9.32 Å². The van der Waals surface area contributed by atoms with Crippen LogP contribution in [0, 0.1) is 0 Å². The van der Waals surface area contributed by atoms with Crippen molar-refractivity contribution in [3.05, 3.63) is 18.6 Å². The maximum Gasteiger partial charge on any atom is 0.114 e. The molecular formula is C11H19NO. The van der Waals surface area contributed by atoms with Crippen molar-refractivity contribution in [2.45, 2.75) is 33.1 Å². The van der Waals surface area contributed by atoms with Crippen LogP contribution in [0.2, 0.25) is 0 Å². The van der Waals surface area contributed by atoms with Crippen LogP contribution in [0.3, 0.4) is 0 Å². The normalized spacial score (nSPS) is 10.3. The standard InChI is InChI=1S/C11H19NO/c1-3-5-8-12(7-4-2)11-6-9-13-10-11/h6,9-10H,3-5,7-8H2,1-2H3. The maximum absolute atomic E-state index is 5.08. The van der Waals surface area contributed by atoms with Crippen molar-refractivity contribution >= 4 is 5.69 Å². The van der Waals surface area contributed by atoms with Crippen molar-refractivity contribution in [3.63, 3.8) is 0 Å². The molecule has 2 heteroatoms. The molecule has 0 bridgehead atoms. The molecule has 0 fully saturated rings. The van der Waals surface area contributed by atoms with Crippen LogP contribution in [-0.4, -0.2) is 13.1 Å². The first-order valence-electron chi connectivity index (χ1n) is 5.15. The third-order valence-electron chi connectivity index (χ3n) is 2.15. The van der Waals surface area contributed by atoms with Gasteiger partial charge in [0, 0.05) is 13.1 Å². The minimum absolute atomic E-state index is 1.12. The second kappa shape index (κ2) is 5.68. The highest BCUT2D eigenvalue weighted by molar-refractivity contribution is 5.42. The van der Waals surface area contributed by atoms with E-state index in [4.69, 9.17) is 4.42 Å². The van der Waals surface area contributed by atoms with E-state index in [0.717, 1.165) is 13.1 Å². The molecule has 1 aromatic rings. The van der Waals surface area contributed by atoms with Crippen LogP contribution in [0.5, 0.6) is 0 Å². The summed E-state index contributed by atoms with van der Waals surface area (Å²) in [4.78, 5) is 2.38. The fourth-order valence-electron chi connectivity index (χ4n) is 1.43. The highest BCUT2D eigenvalue weighted by Crippen LogP contribution is 2.15. The Bertz CT molecular complexity index is 206. The van der Waals surface area contributed by atoms with Crippen molar-refractivity contribution in [1.82, 2.24) is 0 Å². The van der Waals surface area contributed by atoms with Gasteiger partial charge in [-0.15, -0.1) is 0 Å². The predicted octanol–water partition coefficient (Wildman–Crippen LogP) is 3.30. The molecule has 0 aromatic carbocycles. The molecule has 0 saturated carbocycles. The van der Waals surface area contributed by atoms with Crippen molar-refractivity contribution in [2.75, 3.05) is 18.0 Å². The first-order chi connectivity index (χ1) is 6.38. The summed E-state index contributed by atoms with van der Waals surface area (Å²) in [5.74, 6) is 0. The van der Waals surface area contributed by atoms with E-state index in [1.807, 2.05) is 12.3 Å². The van der Waals surface area contributed by atoms with Gasteiger partial charge in [0.15, 0.2) is 0 Å². The third-order valence-corrected chi connectivity index (χ3v) is 2.15. The molecule has 1 aromatic heterocycles. The fraction of sp³-hybridized carbons (Fsp3) is 0.636. The SMILES string of the molecule is CCCCN(CCC)c1ccoc1. The number of hydrogen-bond acceptors (Lipinski definition) is 2. The zero-order valence-electron chi connectivity index (χ0n) is 8.62. The number of furan rings is 1. The first-order valence-corrected chi connectivity index (χ1v) is 5.15. The minimum Gasteiger partial charge on any atom is -0.470 e. The van der Waals surface area contributed by atoms with E-state index < -0.39 is 0 Å².